The summed E-state index contributed by atoms with van der Waals surface area (Å²) in [5, 5.41) is 0.602. The van der Waals surface area contributed by atoms with E-state index in [9.17, 15) is 19.2 Å². The maximum absolute atomic E-state index is 13.9. The van der Waals surface area contributed by atoms with Crippen LogP contribution in [0.1, 0.15) is 27.6 Å². The lowest BCUT2D eigenvalue weighted by molar-refractivity contribution is -0.126. The summed E-state index contributed by atoms with van der Waals surface area (Å²) in [5.74, 6) is -1.11. The molecule has 4 rings (SSSR count). The number of ether oxygens (including phenoxy) is 1. The van der Waals surface area contributed by atoms with E-state index < -0.39 is 11.5 Å². The number of carbonyl (C=O) groups is 3. The van der Waals surface area contributed by atoms with Crippen LogP contribution >= 0.6 is 11.8 Å². The third-order valence-electron chi connectivity index (χ3n) is 6.50. The lowest BCUT2D eigenvalue weighted by Crippen LogP contribution is -2.50. The fourth-order valence-electron chi connectivity index (χ4n) is 4.64. The Balaban J connectivity index is 1.77. The molecule has 10 heteroatoms. The van der Waals surface area contributed by atoms with E-state index in [1.165, 1.54) is 22.5 Å². The van der Waals surface area contributed by atoms with Gasteiger partial charge >= 0.3 is 5.97 Å². The molecular weight excluding hydrogens is 516 g/mol. The Morgan fingerprint density at radius 1 is 1.10 bits per heavy atom. The van der Waals surface area contributed by atoms with Crippen molar-refractivity contribution in [3.8, 4) is 0 Å². The zero-order chi connectivity index (χ0) is 27.9. The number of benzene rings is 1. The second-order valence-corrected chi connectivity index (χ2v) is 9.62. The minimum absolute atomic E-state index is 0.0865. The average molecular weight is 547 g/mol. The number of hydrogen-bond donors (Lipinski definition) is 0. The van der Waals surface area contributed by atoms with Gasteiger partial charge in [0, 0.05) is 43.3 Å². The standard InChI is InChI=1S/C29H30N4O5S/c1-4-9-24(39-3)27(35)32-16-14-31(15-17-32)26-21-12-13-30-18-22(21)33(28(36)25(26)29(37)38-5-2)19-23(34)20-10-7-6-8-11-20/h4,6-13,18H,1,5,14-17,19H2,2-3H3/b24-9-. The largest absolute Gasteiger partial charge is 0.462 e. The van der Waals surface area contributed by atoms with E-state index in [0.717, 1.165) is 0 Å². The van der Waals surface area contributed by atoms with Gasteiger partial charge in [-0.2, -0.15) is 0 Å². The molecule has 0 bridgehead atoms. The molecule has 0 radical (unpaired) electrons. The number of allylic oxidation sites excluding steroid dienone is 2. The summed E-state index contributed by atoms with van der Waals surface area (Å²) < 4.78 is 6.59. The molecular formula is C29H30N4O5S. The molecule has 0 saturated carbocycles. The van der Waals surface area contributed by atoms with Crippen LogP contribution in [0.2, 0.25) is 0 Å². The number of Topliss-reactive ketones (excluding diaryl/α,β-unsaturated/α-hetero) is 1. The summed E-state index contributed by atoms with van der Waals surface area (Å²) in [6.45, 7) is 6.78. The van der Waals surface area contributed by atoms with Crippen LogP contribution in [0.25, 0.3) is 10.9 Å². The number of ketones is 1. The number of nitrogens with zero attached hydrogens (tertiary/aromatic N) is 4. The first-order valence-corrected chi connectivity index (χ1v) is 13.8. The fraction of sp³-hybridized carbons (Fsp3) is 0.276. The molecule has 202 valence electrons. The van der Waals surface area contributed by atoms with Gasteiger partial charge in [0.25, 0.3) is 11.5 Å². The maximum atomic E-state index is 13.9. The van der Waals surface area contributed by atoms with Crippen molar-refractivity contribution in [3.63, 3.8) is 0 Å². The SMILES string of the molecule is C=C/C=C(\SC)C(=O)N1CCN(c2c(C(=O)OCC)c(=O)n(CC(=O)c3ccccc3)c3cnccc23)CC1. The second kappa shape index (κ2) is 12.6. The average Bonchev–Trinajstić information content (AvgIpc) is 2.97. The molecule has 0 aliphatic carbocycles. The number of thioether (sulfide) groups is 1. The highest BCUT2D eigenvalue weighted by Crippen LogP contribution is 2.31. The Morgan fingerprint density at radius 3 is 2.46 bits per heavy atom. The zero-order valence-corrected chi connectivity index (χ0v) is 22.8. The molecule has 0 unspecified atom stereocenters. The topological polar surface area (TPSA) is 102 Å². The highest BCUT2D eigenvalue weighted by atomic mass is 32.2. The van der Waals surface area contributed by atoms with Crippen LogP contribution in [-0.2, 0) is 16.1 Å². The number of pyridine rings is 2. The Kier molecular flexibility index (Phi) is 8.98. The van der Waals surface area contributed by atoms with Crippen LogP contribution in [0.5, 0.6) is 0 Å². The van der Waals surface area contributed by atoms with Gasteiger partial charge in [-0.05, 0) is 25.3 Å². The number of anilines is 1. The van der Waals surface area contributed by atoms with E-state index in [-0.39, 0.29) is 30.4 Å². The van der Waals surface area contributed by atoms with E-state index in [2.05, 4.69) is 11.6 Å². The number of esters is 1. The summed E-state index contributed by atoms with van der Waals surface area (Å²) in [7, 11) is 0. The minimum Gasteiger partial charge on any atom is -0.462 e. The van der Waals surface area contributed by atoms with Gasteiger partial charge in [0.2, 0.25) is 0 Å². The summed E-state index contributed by atoms with van der Waals surface area (Å²) in [4.78, 5) is 61.6. The number of piperazine rings is 1. The Bertz CT molecular complexity index is 1490. The van der Waals surface area contributed by atoms with Gasteiger partial charge in [-0.25, -0.2) is 4.79 Å². The Hall–Kier alpha value is -4.18. The third-order valence-corrected chi connectivity index (χ3v) is 7.25. The van der Waals surface area contributed by atoms with Crippen LogP contribution in [0.15, 0.2) is 77.2 Å². The van der Waals surface area contributed by atoms with Crippen LogP contribution in [-0.4, -0.2) is 71.2 Å². The first-order chi connectivity index (χ1) is 18.9. The number of amides is 1. The molecule has 3 aromatic rings. The van der Waals surface area contributed by atoms with Crippen molar-refractivity contribution < 1.29 is 19.1 Å². The molecule has 3 heterocycles. The number of aromatic nitrogens is 2. The van der Waals surface area contributed by atoms with Crippen molar-refractivity contribution in [2.45, 2.75) is 13.5 Å². The van der Waals surface area contributed by atoms with Gasteiger partial charge in [0.05, 0.1) is 35.5 Å². The zero-order valence-electron chi connectivity index (χ0n) is 22.0. The lowest BCUT2D eigenvalue weighted by atomic mass is 10.1. The van der Waals surface area contributed by atoms with Crippen molar-refractivity contribution in [3.05, 3.63) is 93.9 Å². The van der Waals surface area contributed by atoms with Crippen LogP contribution in [0.4, 0.5) is 5.69 Å². The predicted molar refractivity (Wildman–Crippen MR) is 153 cm³/mol. The smallest absolute Gasteiger partial charge is 0.345 e. The molecule has 9 nitrogen and oxygen atoms in total. The van der Waals surface area contributed by atoms with Gasteiger partial charge in [-0.3, -0.25) is 23.9 Å². The lowest BCUT2D eigenvalue weighted by Gasteiger charge is -2.37. The number of carbonyl (C=O) groups excluding carboxylic acids is 3. The molecule has 1 aliphatic heterocycles. The summed E-state index contributed by atoms with van der Waals surface area (Å²) in [6, 6.07) is 10.4. The van der Waals surface area contributed by atoms with E-state index >= 15 is 0 Å². The molecule has 1 fully saturated rings. The summed E-state index contributed by atoms with van der Waals surface area (Å²) in [5.41, 5.74) is 0.571. The first-order valence-electron chi connectivity index (χ1n) is 12.6. The highest BCUT2D eigenvalue weighted by molar-refractivity contribution is 8.03. The fourth-order valence-corrected chi connectivity index (χ4v) is 5.17. The first kappa shape index (κ1) is 27.8. The van der Waals surface area contributed by atoms with Crippen molar-refractivity contribution in [1.29, 1.82) is 0 Å². The van der Waals surface area contributed by atoms with Crippen molar-refractivity contribution in [1.82, 2.24) is 14.5 Å². The minimum atomic E-state index is -0.755. The molecule has 1 saturated heterocycles. The normalized spacial score (nSPS) is 13.8. The van der Waals surface area contributed by atoms with Crippen molar-refractivity contribution in [2.24, 2.45) is 0 Å². The summed E-state index contributed by atoms with van der Waals surface area (Å²) >= 11 is 1.36. The van der Waals surface area contributed by atoms with Gasteiger partial charge < -0.3 is 14.5 Å². The maximum Gasteiger partial charge on any atom is 0.345 e. The van der Waals surface area contributed by atoms with E-state index in [1.807, 2.05) is 11.2 Å². The molecule has 0 spiro atoms. The number of rotatable bonds is 9. The second-order valence-electron chi connectivity index (χ2n) is 8.77. The van der Waals surface area contributed by atoms with Crippen LogP contribution in [0, 0.1) is 0 Å². The molecule has 2 aromatic heterocycles. The Morgan fingerprint density at radius 2 is 1.82 bits per heavy atom. The van der Waals surface area contributed by atoms with Crippen molar-refractivity contribution in [2.75, 3.05) is 43.9 Å². The van der Waals surface area contributed by atoms with E-state index in [1.54, 1.807) is 66.6 Å². The third kappa shape index (κ3) is 5.80. The monoisotopic (exact) mass is 546 g/mol. The van der Waals surface area contributed by atoms with Crippen LogP contribution < -0.4 is 10.5 Å². The van der Waals surface area contributed by atoms with Gasteiger partial charge in [-0.1, -0.05) is 43.0 Å². The Labute approximate surface area is 230 Å². The van der Waals surface area contributed by atoms with E-state index in [0.29, 0.717) is 53.2 Å². The van der Waals surface area contributed by atoms with Gasteiger partial charge in [-0.15, -0.1) is 11.8 Å². The molecule has 0 N–H and O–H groups in total. The molecule has 1 aliphatic rings. The highest BCUT2D eigenvalue weighted by Gasteiger charge is 2.31. The molecule has 1 amide bonds. The van der Waals surface area contributed by atoms with Gasteiger partial charge in [0.15, 0.2) is 5.78 Å². The molecule has 39 heavy (non-hydrogen) atoms. The summed E-state index contributed by atoms with van der Waals surface area (Å²) in [6.07, 6.45) is 8.22. The van der Waals surface area contributed by atoms with Crippen molar-refractivity contribution >= 4 is 46.0 Å². The van der Waals surface area contributed by atoms with Crippen LogP contribution in [0.3, 0.4) is 0 Å². The molecule has 1 aromatic carbocycles. The predicted octanol–water partition coefficient (Wildman–Crippen LogP) is 3.54. The quantitative estimate of drug-likeness (QED) is 0.174. The van der Waals surface area contributed by atoms with E-state index in [4.69, 9.17) is 4.74 Å². The number of hydrogen-bond acceptors (Lipinski definition) is 8. The molecule has 0 atom stereocenters. The number of fused-ring (bicyclic) bond motifs is 1. The van der Waals surface area contributed by atoms with Gasteiger partial charge in [0.1, 0.15) is 5.56 Å².